The van der Waals surface area contributed by atoms with Crippen LogP contribution in [0.4, 0.5) is 4.79 Å². The first-order valence-electron chi connectivity index (χ1n) is 2.33. The standard InChI is InChI=1S/C3H6N2O2S.CH2OS.H3N/c1-2(6)5(4)3(7)8;2-1-3;/h4H2,1H3,(H,7,8);1H,(H,2,3);1H3. The lowest BCUT2D eigenvalue weighted by molar-refractivity contribution is -0.125. The molecule has 0 aromatic carbocycles. The monoisotopic (exact) mass is 213 g/mol. The maximum atomic E-state index is 10.1. The summed E-state index contributed by atoms with van der Waals surface area (Å²) < 4.78 is 0. The van der Waals surface area contributed by atoms with Crippen LogP contribution in [0, 0.1) is 0 Å². The van der Waals surface area contributed by atoms with Gasteiger partial charge >= 0.3 is 0 Å². The zero-order valence-electron chi connectivity index (χ0n) is 6.43. The summed E-state index contributed by atoms with van der Waals surface area (Å²) in [6.07, 6.45) is 0. The quantitative estimate of drug-likeness (QED) is 0.149. The van der Waals surface area contributed by atoms with Crippen molar-refractivity contribution in [2.45, 2.75) is 6.92 Å². The van der Waals surface area contributed by atoms with Gasteiger partial charge in [-0.25, -0.2) is 10.9 Å². The molecule has 6 nitrogen and oxygen atoms in total. The average Bonchev–Trinajstić information content (AvgIpc) is 1.87. The zero-order valence-corrected chi connectivity index (χ0v) is 8.22. The topological polar surface area (TPSA) is 115 Å². The SMILES string of the molecule is CC(=O)N(N)C(=O)S.N.O=CS. The van der Waals surface area contributed by atoms with Gasteiger partial charge < -0.3 is 6.15 Å². The lowest BCUT2D eigenvalue weighted by Gasteiger charge is -2.05. The fraction of sp³-hybridized carbons (Fsp3) is 0.250. The van der Waals surface area contributed by atoms with E-state index in [-0.39, 0.29) is 6.15 Å². The molecule has 0 fully saturated rings. The van der Waals surface area contributed by atoms with Gasteiger partial charge in [0, 0.05) is 6.92 Å². The van der Waals surface area contributed by atoms with E-state index >= 15 is 0 Å². The Bertz CT molecular complexity index is 150. The lowest BCUT2D eigenvalue weighted by Crippen LogP contribution is -2.37. The van der Waals surface area contributed by atoms with Crippen LogP contribution in [0.3, 0.4) is 0 Å². The average molecular weight is 213 g/mol. The molecule has 0 radical (unpaired) electrons. The predicted molar refractivity (Wildman–Crippen MR) is 51.8 cm³/mol. The molecule has 0 spiro atoms. The molecule has 12 heavy (non-hydrogen) atoms. The van der Waals surface area contributed by atoms with Gasteiger partial charge in [0.1, 0.15) is 0 Å². The van der Waals surface area contributed by atoms with Crippen LogP contribution in [0.25, 0.3) is 0 Å². The number of amides is 2. The molecule has 0 saturated heterocycles. The van der Waals surface area contributed by atoms with Crippen molar-refractivity contribution in [1.29, 1.82) is 0 Å². The van der Waals surface area contributed by atoms with E-state index in [9.17, 15) is 9.59 Å². The van der Waals surface area contributed by atoms with E-state index in [0.29, 0.717) is 10.6 Å². The van der Waals surface area contributed by atoms with E-state index in [2.05, 4.69) is 25.3 Å². The zero-order chi connectivity index (χ0) is 9.44. The third kappa shape index (κ3) is 12.1. The first-order valence-corrected chi connectivity index (χ1v) is 3.29. The summed E-state index contributed by atoms with van der Waals surface area (Å²) >= 11 is 6.38. The highest BCUT2D eigenvalue weighted by Crippen LogP contribution is 1.86. The fourth-order valence-electron chi connectivity index (χ4n) is 0.135. The van der Waals surface area contributed by atoms with Crippen LogP contribution in [0.2, 0.25) is 0 Å². The Morgan fingerprint density at radius 2 is 1.75 bits per heavy atom. The molecule has 0 unspecified atom stereocenters. The summed E-state index contributed by atoms with van der Waals surface area (Å²) in [6, 6.07) is 0. The summed E-state index contributed by atoms with van der Waals surface area (Å²) in [5.74, 6) is 4.29. The maximum Gasteiger partial charge on any atom is 0.299 e. The number of nitrogens with two attached hydrogens (primary N) is 1. The molecule has 2 amide bonds. The summed E-state index contributed by atoms with van der Waals surface area (Å²) in [5, 5.41) is -0.333. The molecule has 0 aliphatic heterocycles. The smallest absolute Gasteiger partial charge is 0.299 e. The molecule has 0 aromatic rings. The lowest BCUT2D eigenvalue weighted by atomic mass is 10.7. The van der Waals surface area contributed by atoms with E-state index < -0.39 is 11.1 Å². The number of carbonyl (C=O) groups excluding carboxylic acids is 3. The molecule has 0 aliphatic carbocycles. The van der Waals surface area contributed by atoms with Crippen molar-refractivity contribution in [3.8, 4) is 0 Å². The third-order valence-electron chi connectivity index (χ3n) is 0.545. The van der Waals surface area contributed by atoms with Crippen LogP contribution in [0.1, 0.15) is 6.92 Å². The second-order valence-corrected chi connectivity index (χ2v) is 1.87. The van der Waals surface area contributed by atoms with E-state index in [4.69, 9.17) is 10.6 Å². The van der Waals surface area contributed by atoms with Crippen LogP contribution < -0.4 is 12.0 Å². The van der Waals surface area contributed by atoms with Gasteiger partial charge in [0.2, 0.25) is 5.91 Å². The Balaban J connectivity index is -0.000000177. The number of hydrazine groups is 1. The molecular weight excluding hydrogens is 202 g/mol. The van der Waals surface area contributed by atoms with E-state index in [1.54, 1.807) is 0 Å². The summed E-state index contributed by atoms with van der Waals surface area (Å²) in [6.45, 7) is 1.17. The van der Waals surface area contributed by atoms with Crippen molar-refractivity contribution >= 4 is 42.0 Å². The number of thiol groups is 2. The van der Waals surface area contributed by atoms with Crippen LogP contribution in [0.15, 0.2) is 0 Å². The van der Waals surface area contributed by atoms with Gasteiger partial charge in [-0.05, 0) is 0 Å². The number of hydrogen-bond donors (Lipinski definition) is 4. The third-order valence-corrected chi connectivity index (χ3v) is 0.761. The molecule has 0 heterocycles. The number of hydrogen-bond acceptors (Lipinski definition) is 5. The molecule has 0 aliphatic rings. The second-order valence-electron chi connectivity index (χ2n) is 1.28. The van der Waals surface area contributed by atoms with Gasteiger partial charge in [0.15, 0.2) is 5.62 Å². The van der Waals surface area contributed by atoms with Gasteiger partial charge in [-0.15, -0.1) is 12.6 Å². The molecule has 0 aromatic heterocycles. The molecule has 5 N–H and O–H groups in total. The first kappa shape index (κ1) is 17.5. The second kappa shape index (κ2) is 10.4. The van der Waals surface area contributed by atoms with Crippen LogP contribution in [0.5, 0.6) is 0 Å². The molecule has 8 heteroatoms. The van der Waals surface area contributed by atoms with Crippen molar-refractivity contribution in [1.82, 2.24) is 11.2 Å². The summed E-state index contributed by atoms with van der Waals surface area (Å²) in [7, 11) is 0. The van der Waals surface area contributed by atoms with Gasteiger partial charge in [-0.2, -0.15) is 0 Å². The molecular formula is C4H11N3O3S2. The Morgan fingerprint density at radius 1 is 1.50 bits per heavy atom. The minimum absolute atomic E-state index is 0. The maximum absolute atomic E-state index is 10.1. The van der Waals surface area contributed by atoms with E-state index in [1.807, 2.05) is 0 Å². The van der Waals surface area contributed by atoms with Crippen LogP contribution in [-0.2, 0) is 9.59 Å². The first-order chi connectivity index (χ1) is 4.97. The minimum atomic E-state index is -0.752. The van der Waals surface area contributed by atoms with Gasteiger partial charge in [-0.1, -0.05) is 12.6 Å². The molecule has 0 saturated carbocycles. The Labute approximate surface area is 80.8 Å². The highest BCUT2D eigenvalue weighted by atomic mass is 32.1. The highest BCUT2D eigenvalue weighted by Gasteiger charge is 2.06. The Hall–Kier alpha value is -0.570. The van der Waals surface area contributed by atoms with Crippen molar-refractivity contribution in [2.75, 3.05) is 0 Å². The number of nitrogens with zero attached hydrogens (tertiary/aromatic N) is 1. The summed E-state index contributed by atoms with van der Waals surface area (Å²) in [4.78, 5) is 28.8. The molecule has 0 atom stereocenters. The van der Waals surface area contributed by atoms with Crippen molar-refractivity contribution in [2.24, 2.45) is 5.84 Å². The molecule has 0 rings (SSSR count). The van der Waals surface area contributed by atoms with Crippen molar-refractivity contribution in [3.05, 3.63) is 0 Å². The minimum Gasteiger partial charge on any atom is -0.344 e. The predicted octanol–water partition coefficient (Wildman–Crippen LogP) is 0.0268. The van der Waals surface area contributed by atoms with E-state index in [0.717, 1.165) is 0 Å². The van der Waals surface area contributed by atoms with Crippen molar-refractivity contribution < 1.29 is 14.4 Å². The molecule has 72 valence electrons. The largest absolute Gasteiger partial charge is 0.344 e. The van der Waals surface area contributed by atoms with Crippen molar-refractivity contribution in [3.63, 3.8) is 0 Å². The normalized spacial score (nSPS) is 6.67. The Morgan fingerprint density at radius 3 is 1.75 bits per heavy atom. The van der Waals surface area contributed by atoms with Gasteiger partial charge in [0.25, 0.3) is 5.24 Å². The van der Waals surface area contributed by atoms with E-state index in [1.165, 1.54) is 6.92 Å². The van der Waals surface area contributed by atoms with Crippen LogP contribution >= 0.6 is 25.3 Å². The number of imide groups is 1. The fourth-order valence-corrected chi connectivity index (χ4v) is 0.276. The highest BCUT2D eigenvalue weighted by molar-refractivity contribution is 7.96. The Kier molecular flexibility index (Phi) is 15.2. The number of carbonyl (C=O) groups is 3. The van der Waals surface area contributed by atoms with Crippen LogP contribution in [-0.4, -0.2) is 21.8 Å². The van der Waals surface area contributed by atoms with Gasteiger partial charge in [0.05, 0.1) is 0 Å². The number of rotatable bonds is 0. The molecule has 0 bridgehead atoms. The van der Waals surface area contributed by atoms with Gasteiger partial charge in [-0.3, -0.25) is 14.4 Å². The summed E-state index contributed by atoms with van der Waals surface area (Å²) in [5.41, 5.74) is 0.444.